The molecule has 38 heavy (non-hydrogen) atoms. The Morgan fingerprint density at radius 3 is 2.58 bits per heavy atom. The average Bonchev–Trinajstić information content (AvgIpc) is 3.29. The van der Waals surface area contributed by atoms with E-state index in [1.54, 1.807) is 12.1 Å². The monoisotopic (exact) mass is 527 g/mol. The number of carboxylic acid groups (broad SMARTS) is 1. The summed E-state index contributed by atoms with van der Waals surface area (Å²) in [5.41, 5.74) is 4.95. The number of hydrogen-bond acceptors (Lipinski definition) is 3. The van der Waals surface area contributed by atoms with E-state index in [1.165, 1.54) is 6.08 Å². The number of anilines is 1. The molecular weight excluding hydrogens is 498 g/mol. The molecule has 0 aliphatic heterocycles. The van der Waals surface area contributed by atoms with Gasteiger partial charge in [-0.25, -0.2) is 4.79 Å². The number of carbonyl (C=O) groups excluding carboxylic acids is 1. The zero-order chi connectivity index (χ0) is 26.7. The van der Waals surface area contributed by atoms with Crippen molar-refractivity contribution in [2.75, 3.05) is 5.32 Å². The molecule has 0 bridgehead atoms. The van der Waals surface area contributed by atoms with Gasteiger partial charge in [0.05, 0.1) is 17.1 Å². The third-order valence-corrected chi connectivity index (χ3v) is 7.87. The van der Waals surface area contributed by atoms with Gasteiger partial charge in [-0.15, -0.1) is 0 Å². The summed E-state index contributed by atoms with van der Waals surface area (Å²) in [7, 11) is 1.93. The van der Waals surface area contributed by atoms with Crippen LogP contribution < -0.4 is 5.32 Å². The number of carbonyl (C=O) groups is 2. The molecule has 3 aromatic carbocycles. The highest BCUT2D eigenvalue weighted by molar-refractivity contribution is 6.31. The molecule has 4 aromatic rings. The maximum Gasteiger partial charge on any atom is 0.328 e. The molecule has 1 aliphatic rings. The number of nitrogens with zero attached hydrogens (tertiary/aromatic N) is 2. The first kappa shape index (κ1) is 25.7. The van der Waals surface area contributed by atoms with Gasteiger partial charge in [-0.3, -0.25) is 9.48 Å². The standard InChI is InChI=1S/C31H30ClN3O3/c1-35-28-12-11-22(17-25(28)20-33-35)23-9-10-24(27(32)18-23)19-31(14-3-2-4-15-31)30(38)34-26-7-5-6-21(16-26)8-13-29(36)37/h5-13,16-18,20H,2-4,14-15,19H2,1H3,(H,34,38)(H,36,37)/b13-8+. The Morgan fingerprint density at radius 1 is 1.05 bits per heavy atom. The third kappa shape index (κ3) is 5.50. The van der Waals surface area contributed by atoms with Crippen molar-refractivity contribution in [2.24, 2.45) is 12.5 Å². The van der Waals surface area contributed by atoms with E-state index in [1.807, 2.05) is 42.2 Å². The molecule has 0 unspecified atom stereocenters. The molecule has 1 fully saturated rings. The maximum atomic E-state index is 13.7. The Morgan fingerprint density at radius 2 is 1.82 bits per heavy atom. The van der Waals surface area contributed by atoms with E-state index in [-0.39, 0.29) is 5.91 Å². The molecule has 0 radical (unpaired) electrons. The molecule has 1 saturated carbocycles. The van der Waals surface area contributed by atoms with E-state index >= 15 is 0 Å². The van der Waals surface area contributed by atoms with Crippen molar-refractivity contribution < 1.29 is 14.7 Å². The molecule has 1 amide bonds. The molecule has 1 heterocycles. The minimum atomic E-state index is -1.01. The van der Waals surface area contributed by atoms with E-state index in [0.29, 0.717) is 22.7 Å². The molecule has 5 rings (SSSR count). The molecule has 0 spiro atoms. The van der Waals surface area contributed by atoms with Crippen LogP contribution in [0.25, 0.3) is 28.1 Å². The lowest BCUT2D eigenvalue weighted by molar-refractivity contribution is -0.131. The van der Waals surface area contributed by atoms with Gasteiger partial charge in [0.1, 0.15) is 0 Å². The first-order chi connectivity index (χ1) is 18.3. The van der Waals surface area contributed by atoms with Crippen LogP contribution in [0.2, 0.25) is 5.02 Å². The van der Waals surface area contributed by atoms with Gasteiger partial charge < -0.3 is 10.4 Å². The number of hydrogen-bond donors (Lipinski definition) is 2. The van der Waals surface area contributed by atoms with Crippen LogP contribution >= 0.6 is 11.6 Å². The van der Waals surface area contributed by atoms with Crippen LogP contribution in [-0.2, 0) is 23.1 Å². The zero-order valence-corrected chi connectivity index (χ0v) is 22.0. The summed E-state index contributed by atoms with van der Waals surface area (Å²) in [5, 5.41) is 18.1. The first-order valence-corrected chi connectivity index (χ1v) is 13.2. The van der Waals surface area contributed by atoms with Crippen LogP contribution in [0.4, 0.5) is 5.69 Å². The summed E-state index contributed by atoms with van der Waals surface area (Å²) < 4.78 is 1.85. The Labute approximate surface area is 226 Å². The summed E-state index contributed by atoms with van der Waals surface area (Å²) in [6.07, 6.45) is 9.74. The molecule has 1 aliphatic carbocycles. The molecule has 194 valence electrons. The van der Waals surface area contributed by atoms with Gasteiger partial charge in [0.2, 0.25) is 5.91 Å². The summed E-state index contributed by atoms with van der Waals surface area (Å²) in [6, 6.07) is 19.6. The second-order valence-corrected chi connectivity index (χ2v) is 10.5. The van der Waals surface area contributed by atoms with Gasteiger partial charge in [0.25, 0.3) is 0 Å². The number of fused-ring (bicyclic) bond motifs is 1. The highest BCUT2D eigenvalue weighted by Crippen LogP contribution is 2.42. The Bertz CT molecular complexity index is 1530. The molecule has 6 nitrogen and oxygen atoms in total. The summed E-state index contributed by atoms with van der Waals surface area (Å²) in [5.74, 6) is -1.03. The predicted octanol–water partition coefficient (Wildman–Crippen LogP) is 7.12. The Balaban J connectivity index is 1.38. The minimum absolute atomic E-state index is 0.0151. The Kier molecular flexibility index (Phi) is 7.34. The van der Waals surface area contributed by atoms with Crippen LogP contribution in [0.5, 0.6) is 0 Å². The molecule has 7 heteroatoms. The SMILES string of the molecule is Cn1ncc2cc(-c3ccc(CC4(C(=O)Nc5cccc(/C=C/C(=O)O)c5)CCCCC4)c(Cl)c3)ccc21. The first-order valence-electron chi connectivity index (χ1n) is 12.9. The van der Waals surface area contributed by atoms with Gasteiger partial charge in [0, 0.05) is 29.2 Å². The number of amides is 1. The molecule has 1 aromatic heterocycles. The average molecular weight is 528 g/mol. The summed E-state index contributed by atoms with van der Waals surface area (Å²) >= 11 is 6.83. The summed E-state index contributed by atoms with van der Waals surface area (Å²) in [6.45, 7) is 0. The van der Waals surface area contributed by atoms with E-state index in [2.05, 4.69) is 34.7 Å². The highest BCUT2D eigenvalue weighted by Gasteiger charge is 2.40. The topological polar surface area (TPSA) is 84.2 Å². The van der Waals surface area contributed by atoms with E-state index < -0.39 is 11.4 Å². The second-order valence-electron chi connectivity index (χ2n) is 10.1. The van der Waals surface area contributed by atoms with Crippen molar-refractivity contribution in [3.8, 4) is 11.1 Å². The number of carboxylic acids is 1. The zero-order valence-electron chi connectivity index (χ0n) is 21.3. The number of benzene rings is 3. The van der Waals surface area contributed by atoms with E-state index in [0.717, 1.165) is 65.8 Å². The van der Waals surface area contributed by atoms with Crippen molar-refractivity contribution >= 4 is 46.1 Å². The van der Waals surface area contributed by atoms with Gasteiger partial charge in [-0.1, -0.05) is 61.2 Å². The normalized spacial score (nSPS) is 15.1. The number of rotatable bonds is 7. The van der Waals surface area contributed by atoms with Gasteiger partial charge in [0.15, 0.2) is 0 Å². The minimum Gasteiger partial charge on any atom is -0.478 e. The van der Waals surface area contributed by atoms with Crippen molar-refractivity contribution in [3.05, 3.63) is 89.1 Å². The van der Waals surface area contributed by atoms with Crippen molar-refractivity contribution in [3.63, 3.8) is 0 Å². The van der Waals surface area contributed by atoms with Crippen molar-refractivity contribution in [2.45, 2.75) is 38.5 Å². The third-order valence-electron chi connectivity index (χ3n) is 7.52. The molecular formula is C31H30ClN3O3. The lowest BCUT2D eigenvalue weighted by Crippen LogP contribution is -2.40. The number of halogens is 1. The summed E-state index contributed by atoms with van der Waals surface area (Å²) in [4.78, 5) is 24.6. The van der Waals surface area contributed by atoms with Gasteiger partial charge >= 0.3 is 5.97 Å². The number of nitrogens with one attached hydrogen (secondary N) is 1. The molecule has 0 atom stereocenters. The quantitative estimate of drug-likeness (QED) is 0.250. The van der Waals surface area contributed by atoms with Crippen LogP contribution in [0.15, 0.2) is 72.9 Å². The number of aromatic nitrogens is 2. The van der Waals surface area contributed by atoms with Crippen LogP contribution in [0, 0.1) is 5.41 Å². The van der Waals surface area contributed by atoms with Crippen molar-refractivity contribution in [1.82, 2.24) is 9.78 Å². The fraction of sp³-hybridized carbons (Fsp3) is 0.258. The Hall–Kier alpha value is -3.90. The van der Waals surface area contributed by atoms with Gasteiger partial charge in [-0.05, 0) is 77.9 Å². The fourth-order valence-electron chi connectivity index (χ4n) is 5.44. The lowest BCUT2D eigenvalue weighted by atomic mass is 9.69. The predicted molar refractivity (Wildman–Crippen MR) is 152 cm³/mol. The maximum absolute atomic E-state index is 13.7. The molecule has 0 saturated heterocycles. The van der Waals surface area contributed by atoms with E-state index in [9.17, 15) is 9.59 Å². The molecule has 2 N–H and O–H groups in total. The van der Waals surface area contributed by atoms with Crippen LogP contribution in [0.3, 0.4) is 0 Å². The van der Waals surface area contributed by atoms with E-state index in [4.69, 9.17) is 16.7 Å². The van der Waals surface area contributed by atoms with Crippen molar-refractivity contribution in [1.29, 1.82) is 0 Å². The number of aliphatic carboxylic acids is 1. The number of aryl methyl sites for hydroxylation is 1. The van der Waals surface area contributed by atoms with Crippen LogP contribution in [0.1, 0.15) is 43.2 Å². The largest absolute Gasteiger partial charge is 0.478 e. The fourth-order valence-corrected chi connectivity index (χ4v) is 5.69. The smallest absolute Gasteiger partial charge is 0.328 e. The van der Waals surface area contributed by atoms with Crippen LogP contribution in [-0.4, -0.2) is 26.8 Å². The van der Waals surface area contributed by atoms with Gasteiger partial charge in [-0.2, -0.15) is 5.10 Å². The second kappa shape index (κ2) is 10.8. The highest BCUT2D eigenvalue weighted by atomic mass is 35.5. The lowest BCUT2D eigenvalue weighted by Gasteiger charge is -2.36.